The van der Waals surface area contributed by atoms with Gasteiger partial charge in [-0.1, -0.05) is 24.3 Å². The fraction of sp³-hybridized carbons (Fsp3) is 0.120. The molecule has 0 spiro atoms. The molecule has 0 atom stereocenters. The molecule has 0 unspecified atom stereocenters. The topological polar surface area (TPSA) is 109 Å². The summed E-state index contributed by atoms with van der Waals surface area (Å²) in [4.78, 5) is 26.7. The number of phenols is 2. The van der Waals surface area contributed by atoms with E-state index in [1.807, 2.05) is 24.5 Å². The monoisotopic (exact) mass is 435 g/mol. The number of rotatable bonds is 8. The number of phenolic OH excluding ortho intramolecular Hbond substituents is 2. The summed E-state index contributed by atoms with van der Waals surface area (Å²) in [5.74, 6) is -0.0832. The lowest BCUT2D eigenvalue weighted by molar-refractivity contribution is -0.121. The molecule has 166 valence electrons. The predicted octanol–water partition coefficient (Wildman–Crippen LogP) is 4.38. The molecule has 0 aliphatic carbocycles. The second kappa shape index (κ2) is 12.4. The highest BCUT2D eigenvalue weighted by Crippen LogP contribution is 2.27. The van der Waals surface area contributed by atoms with Crippen LogP contribution in [0.25, 0.3) is 12.2 Å². The van der Waals surface area contributed by atoms with Crippen molar-refractivity contribution in [3.05, 3.63) is 84.2 Å². The highest BCUT2D eigenvalue weighted by atomic mass is 16.5. The van der Waals surface area contributed by atoms with Gasteiger partial charge in [0.2, 0.25) is 0 Å². The third-order valence-corrected chi connectivity index (χ3v) is 4.18. The van der Waals surface area contributed by atoms with E-state index in [0.29, 0.717) is 22.6 Å². The predicted molar refractivity (Wildman–Crippen MR) is 123 cm³/mol. The maximum atomic E-state index is 11.9. The van der Waals surface area contributed by atoms with Crippen molar-refractivity contribution in [3.63, 3.8) is 0 Å². The lowest BCUT2D eigenvalue weighted by atomic mass is 10.1. The number of ether oxygens (including phenoxy) is 2. The van der Waals surface area contributed by atoms with Crippen LogP contribution >= 0.6 is 0 Å². The van der Waals surface area contributed by atoms with Crippen molar-refractivity contribution in [1.29, 1.82) is 0 Å². The Morgan fingerprint density at radius 1 is 0.812 bits per heavy atom. The van der Waals surface area contributed by atoms with Crippen LogP contribution in [0.5, 0.6) is 23.0 Å². The summed E-state index contributed by atoms with van der Waals surface area (Å²) in [6, 6.07) is 13.2. The van der Waals surface area contributed by atoms with Gasteiger partial charge in [0, 0.05) is 12.4 Å². The minimum Gasteiger partial charge on any atom is -0.504 e. The molecule has 1 aromatic heterocycles. The van der Waals surface area contributed by atoms with E-state index in [0.717, 1.165) is 0 Å². The number of ketones is 2. The van der Waals surface area contributed by atoms with Crippen LogP contribution in [-0.2, 0) is 9.59 Å². The molecule has 3 N–H and O–H groups in total. The van der Waals surface area contributed by atoms with Gasteiger partial charge >= 0.3 is 0 Å². The number of nitrogens with one attached hydrogen (secondary N) is 1. The van der Waals surface area contributed by atoms with Gasteiger partial charge in [-0.2, -0.15) is 0 Å². The highest BCUT2D eigenvalue weighted by Gasteiger charge is 2.06. The summed E-state index contributed by atoms with van der Waals surface area (Å²) < 4.78 is 10.00. The molecule has 0 fully saturated rings. The molecular weight excluding hydrogens is 410 g/mol. The van der Waals surface area contributed by atoms with Gasteiger partial charge in [0.1, 0.15) is 0 Å². The zero-order valence-corrected chi connectivity index (χ0v) is 17.8. The summed E-state index contributed by atoms with van der Waals surface area (Å²) >= 11 is 0. The highest BCUT2D eigenvalue weighted by molar-refractivity contribution is 6.10. The zero-order chi connectivity index (χ0) is 23.3. The van der Waals surface area contributed by atoms with Gasteiger partial charge in [-0.25, -0.2) is 0 Å². The van der Waals surface area contributed by atoms with Crippen LogP contribution in [0, 0.1) is 0 Å². The van der Waals surface area contributed by atoms with Gasteiger partial charge in [-0.3, -0.25) is 9.59 Å². The van der Waals surface area contributed by atoms with Crippen molar-refractivity contribution < 1.29 is 29.3 Å². The number of hydrogen-bond acceptors (Lipinski definition) is 6. The average molecular weight is 435 g/mol. The number of hydrogen-bond donors (Lipinski definition) is 3. The SMILES string of the molecule is COc1cc(/C=C/C(=O)CC(=O)/C=C/c2ccc(O)c(OC)c2)ccc1O.c1cc[nH]c1. The molecule has 0 radical (unpaired) electrons. The Bertz CT molecular complexity index is 993. The fourth-order valence-corrected chi connectivity index (χ4v) is 2.54. The normalized spacial score (nSPS) is 10.6. The number of benzene rings is 2. The summed E-state index contributed by atoms with van der Waals surface area (Å²) in [7, 11) is 2.87. The zero-order valence-electron chi connectivity index (χ0n) is 17.8. The molecule has 0 aliphatic heterocycles. The van der Waals surface area contributed by atoms with Crippen LogP contribution in [0.2, 0.25) is 0 Å². The minimum absolute atomic E-state index is 0.00662. The van der Waals surface area contributed by atoms with E-state index in [9.17, 15) is 19.8 Å². The van der Waals surface area contributed by atoms with E-state index in [4.69, 9.17) is 9.47 Å². The third-order valence-electron chi connectivity index (χ3n) is 4.18. The van der Waals surface area contributed by atoms with Crippen LogP contribution in [0.15, 0.2) is 73.1 Å². The number of H-pyrrole nitrogens is 1. The summed E-state index contributed by atoms with van der Waals surface area (Å²) in [5.41, 5.74) is 1.33. The molecule has 0 bridgehead atoms. The fourth-order valence-electron chi connectivity index (χ4n) is 2.54. The summed E-state index contributed by atoms with van der Waals surface area (Å²) in [5, 5.41) is 19.1. The molecule has 0 saturated heterocycles. The number of aromatic nitrogens is 1. The van der Waals surface area contributed by atoms with E-state index < -0.39 is 0 Å². The molecule has 0 amide bonds. The van der Waals surface area contributed by atoms with E-state index in [-0.39, 0.29) is 29.5 Å². The Balaban J connectivity index is 0.000000636. The Kier molecular flexibility index (Phi) is 9.33. The average Bonchev–Trinajstić information content (AvgIpc) is 3.38. The number of aromatic hydroxyl groups is 2. The largest absolute Gasteiger partial charge is 0.504 e. The van der Waals surface area contributed by atoms with E-state index in [1.54, 1.807) is 36.4 Å². The van der Waals surface area contributed by atoms with Crippen molar-refractivity contribution in [2.75, 3.05) is 14.2 Å². The van der Waals surface area contributed by atoms with E-state index in [1.165, 1.54) is 38.5 Å². The van der Waals surface area contributed by atoms with Crippen LogP contribution in [0.1, 0.15) is 17.5 Å². The number of carbonyl (C=O) groups is 2. The molecule has 32 heavy (non-hydrogen) atoms. The second-order valence-electron chi connectivity index (χ2n) is 6.52. The summed E-state index contributed by atoms with van der Waals surface area (Å²) in [6.07, 6.45) is 9.19. The second-order valence-corrected chi connectivity index (χ2v) is 6.52. The number of allylic oxidation sites excluding steroid dienone is 2. The molecule has 3 rings (SSSR count). The van der Waals surface area contributed by atoms with Gasteiger partial charge in [0.05, 0.1) is 20.6 Å². The standard InChI is InChI=1S/C21H20O6.C4H5N/c1-26-20-11-14(5-9-18(20)24)3-7-16(22)13-17(23)8-4-15-6-10-19(25)21(12-15)27-2;1-2-4-5-3-1/h3-12,24-25H,13H2,1-2H3;1-5H/b7-3+,8-4+;. The molecule has 2 aromatic carbocycles. The summed E-state index contributed by atoms with van der Waals surface area (Å²) in [6.45, 7) is 0. The van der Waals surface area contributed by atoms with Crippen LogP contribution in [-0.4, -0.2) is 41.0 Å². The molecule has 7 heteroatoms. The van der Waals surface area contributed by atoms with E-state index >= 15 is 0 Å². The van der Waals surface area contributed by atoms with Crippen molar-refractivity contribution in [2.45, 2.75) is 6.42 Å². The lowest BCUT2D eigenvalue weighted by Gasteiger charge is -2.03. The number of carbonyl (C=O) groups excluding carboxylic acids is 2. The number of aromatic amines is 1. The third kappa shape index (κ3) is 7.87. The van der Waals surface area contributed by atoms with Gasteiger partial charge in [-0.15, -0.1) is 0 Å². The van der Waals surface area contributed by atoms with Gasteiger partial charge in [0.15, 0.2) is 34.6 Å². The Morgan fingerprint density at radius 2 is 1.25 bits per heavy atom. The quantitative estimate of drug-likeness (QED) is 0.358. The first-order valence-electron chi connectivity index (χ1n) is 9.66. The number of methoxy groups -OCH3 is 2. The van der Waals surface area contributed by atoms with E-state index in [2.05, 4.69) is 4.98 Å². The van der Waals surface area contributed by atoms with Crippen molar-refractivity contribution in [3.8, 4) is 23.0 Å². The maximum Gasteiger partial charge on any atom is 0.163 e. The molecule has 0 saturated carbocycles. The molecule has 3 aromatic rings. The Hall–Kier alpha value is -4.26. The first-order valence-corrected chi connectivity index (χ1v) is 9.66. The van der Waals surface area contributed by atoms with Crippen LogP contribution < -0.4 is 9.47 Å². The Labute approximate surface area is 186 Å². The first kappa shape index (κ1) is 24.0. The van der Waals surface area contributed by atoms with Crippen LogP contribution in [0.4, 0.5) is 0 Å². The smallest absolute Gasteiger partial charge is 0.163 e. The first-order chi connectivity index (χ1) is 15.4. The molecular formula is C25H25NO6. The minimum atomic E-state index is -0.347. The van der Waals surface area contributed by atoms with Crippen molar-refractivity contribution in [1.82, 2.24) is 4.98 Å². The van der Waals surface area contributed by atoms with Crippen LogP contribution in [0.3, 0.4) is 0 Å². The van der Waals surface area contributed by atoms with Gasteiger partial charge < -0.3 is 24.7 Å². The maximum absolute atomic E-state index is 11.9. The lowest BCUT2D eigenvalue weighted by Crippen LogP contribution is -2.01. The van der Waals surface area contributed by atoms with Gasteiger partial charge in [-0.05, 0) is 59.7 Å². The van der Waals surface area contributed by atoms with Crippen molar-refractivity contribution >= 4 is 23.7 Å². The Morgan fingerprint density at radius 3 is 1.59 bits per heavy atom. The molecule has 7 nitrogen and oxygen atoms in total. The van der Waals surface area contributed by atoms with Crippen molar-refractivity contribution in [2.24, 2.45) is 0 Å². The van der Waals surface area contributed by atoms with Gasteiger partial charge in [0.25, 0.3) is 0 Å². The molecule has 0 aliphatic rings. The molecule has 1 heterocycles.